The van der Waals surface area contributed by atoms with Gasteiger partial charge in [-0.1, -0.05) is 42.1 Å². The molecule has 0 radical (unpaired) electrons. The maximum Gasteiger partial charge on any atom is 0.263 e. The van der Waals surface area contributed by atoms with Crippen molar-refractivity contribution >= 4 is 44.7 Å². The highest BCUT2D eigenvalue weighted by molar-refractivity contribution is 7.98. The summed E-state index contributed by atoms with van der Waals surface area (Å²) in [5, 5.41) is 4.90. The zero-order valence-corrected chi connectivity index (χ0v) is 20.7. The first-order valence-corrected chi connectivity index (χ1v) is 14.2. The van der Waals surface area contributed by atoms with E-state index in [-0.39, 0.29) is 11.7 Å². The molecule has 2 aliphatic rings. The molecule has 0 spiro atoms. The van der Waals surface area contributed by atoms with E-state index in [4.69, 9.17) is 14.7 Å². The zero-order valence-electron chi connectivity index (χ0n) is 18.3. The molecule has 1 aromatic carbocycles. The first kappa shape index (κ1) is 21.5. The molecule has 8 heteroatoms. The van der Waals surface area contributed by atoms with Crippen molar-refractivity contribution < 1.29 is 4.74 Å². The zero-order chi connectivity index (χ0) is 22.2. The number of rotatable bonds is 7. The monoisotopic (exact) mass is 495 g/mol. The third-order valence-corrected chi connectivity index (χ3v) is 9.44. The molecule has 4 aromatic rings. The van der Waals surface area contributed by atoms with Crippen LogP contribution in [0, 0.1) is 0 Å². The largest absolute Gasteiger partial charge is 0.376 e. The third-order valence-electron chi connectivity index (χ3n) is 6.35. The number of thioether (sulfide) groups is 1. The van der Waals surface area contributed by atoms with Gasteiger partial charge in [-0.25, -0.2) is 9.97 Å². The Labute approximate surface area is 204 Å². The van der Waals surface area contributed by atoms with E-state index in [1.165, 1.54) is 16.0 Å². The lowest BCUT2D eigenvalue weighted by Gasteiger charge is -2.15. The number of hydrogen-bond donors (Lipinski definition) is 0. The Morgan fingerprint density at radius 3 is 2.91 bits per heavy atom. The summed E-state index contributed by atoms with van der Waals surface area (Å²) in [6.45, 7) is 1.37. The van der Waals surface area contributed by atoms with Gasteiger partial charge in [0, 0.05) is 29.0 Å². The molecule has 0 amide bonds. The SMILES string of the molecule is O=c1c2c3c(sc2nc(SCc2csc(Cc4ccccc4)n2)n1CC1CCCO1)CCC3. The summed E-state index contributed by atoms with van der Waals surface area (Å²) in [7, 11) is 0. The van der Waals surface area contributed by atoms with Crippen LogP contribution in [0.2, 0.25) is 0 Å². The number of fused-ring (bicyclic) bond motifs is 3. The number of aromatic nitrogens is 3. The van der Waals surface area contributed by atoms with E-state index in [0.717, 1.165) is 71.2 Å². The number of aryl methyl sites for hydroxylation is 2. The van der Waals surface area contributed by atoms with Crippen molar-refractivity contribution in [2.24, 2.45) is 0 Å². The van der Waals surface area contributed by atoms with E-state index in [0.29, 0.717) is 12.3 Å². The fraction of sp³-hybridized carbons (Fsp3) is 0.400. The number of nitrogens with zero attached hydrogens (tertiary/aromatic N) is 3. The van der Waals surface area contributed by atoms with E-state index >= 15 is 0 Å². The van der Waals surface area contributed by atoms with Crippen LogP contribution in [0.3, 0.4) is 0 Å². The average Bonchev–Trinajstić information content (AvgIpc) is 3.60. The summed E-state index contributed by atoms with van der Waals surface area (Å²) in [4.78, 5) is 25.7. The molecule has 1 unspecified atom stereocenters. The molecule has 1 aliphatic heterocycles. The summed E-state index contributed by atoms with van der Waals surface area (Å²) in [6.07, 6.45) is 6.25. The van der Waals surface area contributed by atoms with Crippen LogP contribution >= 0.6 is 34.4 Å². The fourth-order valence-electron chi connectivity index (χ4n) is 4.73. The molecule has 0 saturated carbocycles. The molecule has 0 N–H and O–H groups in total. The van der Waals surface area contributed by atoms with Crippen molar-refractivity contribution in [3.8, 4) is 0 Å². The van der Waals surface area contributed by atoms with Crippen LogP contribution < -0.4 is 5.56 Å². The van der Waals surface area contributed by atoms with Gasteiger partial charge in [0.05, 0.1) is 28.7 Å². The molecule has 6 rings (SSSR count). The maximum atomic E-state index is 13.6. The smallest absolute Gasteiger partial charge is 0.263 e. The van der Waals surface area contributed by atoms with Crippen LogP contribution in [0.4, 0.5) is 0 Å². The number of benzene rings is 1. The summed E-state index contributed by atoms with van der Waals surface area (Å²) < 4.78 is 7.75. The van der Waals surface area contributed by atoms with Gasteiger partial charge in [0.15, 0.2) is 5.16 Å². The minimum absolute atomic E-state index is 0.102. The maximum absolute atomic E-state index is 13.6. The molecule has 4 heterocycles. The Hall–Kier alpha value is -2.00. The van der Waals surface area contributed by atoms with E-state index in [2.05, 4.69) is 29.6 Å². The first-order valence-electron chi connectivity index (χ1n) is 11.5. The van der Waals surface area contributed by atoms with Crippen molar-refractivity contribution in [1.29, 1.82) is 0 Å². The van der Waals surface area contributed by atoms with Crippen LogP contribution in [0.15, 0.2) is 45.7 Å². The average molecular weight is 496 g/mol. The standard InChI is InChI=1S/C25H25N3O2S3/c29-24-22-19-9-4-10-20(19)33-23(22)27-25(28(24)13-18-8-5-11-30-18)32-15-17-14-31-21(26-17)12-16-6-2-1-3-7-16/h1-3,6-7,14,18H,4-5,8-13,15H2. The molecule has 170 valence electrons. The Balaban J connectivity index is 1.27. The Morgan fingerprint density at radius 1 is 1.15 bits per heavy atom. The van der Waals surface area contributed by atoms with Gasteiger partial charge in [-0.05, 0) is 43.2 Å². The third kappa shape index (κ3) is 4.41. The van der Waals surface area contributed by atoms with E-state index < -0.39 is 0 Å². The number of thiazole rings is 1. The highest BCUT2D eigenvalue weighted by Crippen LogP contribution is 2.36. The van der Waals surface area contributed by atoms with Gasteiger partial charge in [0.25, 0.3) is 5.56 Å². The van der Waals surface area contributed by atoms with Gasteiger partial charge in [0.1, 0.15) is 4.83 Å². The summed E-state index contributed by atoms with van der Waals surface area (Å²) in [5.41, 5.74) is 3.67. The summed E-state index contributed by atoms with van der Waals surface area (Å²) in [5.74, 6) is 0.708. The van der Waals surface area contributed by atoms with Crippen LogP contribution in [0.1, 0.15) is 46.0 Å². The fourth-order valence-corrected chi connectivity index (χ4v) is 7.86. The minimum atomic E-state index is 0.102. The molecule has 1 aliphatic carbocycles. The van der Waals surface area contributed by atoms with Crippen molar-refractivity contribution in [2.75, 3.05) is 6.61 Å². The second-order valence-corrected chi connectivity index (χ2v) is 11.6. The lowest BCUT2D eigenvalue weighted by atomic mass is 10.2. The highest BCUT2D eigenvalue weighted by atomic mass is 32.2. The molecule has 3 aromatic heterocycles. The molecular weight excluding hydrogens is 470 g/mol. The van der Waals surface area contributed by atoms with Crippen molar-refractivity contribution in [1.82, 2.24) is 14.5 Å². The molecule has 1 atom stereocenters. The van der Waals surface area contributed by atoms with Gasteiger partial charge >= 0.3 is 0 Å². The topological polar surface area (TPSA) is 57.0 Å². The normalized spacial score (nSPS) is 17.8. The lowest BCUT2D eigenvalue weighted by molar-refractivity contribution is 0.0937. The molecule has 5 nitrogen and oxygen atoms in total. The molecule has 1 fully saturated rings. The molecule has 0 bridgehead atoms. The highest BCUT2D eigenvalue weighted by Gasteiger charge is 2.25. The van der Waals surface area contributed by atoms with Gasteiger partial charge in [-0.3, -0.25) is 9.36 Å². The predicted octanol–water partition coefficient (Wildman–Crippen LogP) is 5.47. The summed E-state index contributed by atoms with van der Waals surface area (Å²) >= 11 is 5.03. The molecular formula is C25H25N3O2S3. The molecule has 33 heavy (non-hydrogen) atoms. The van der Waals surface area contributed by atoms with Gasteiger partial charge in [0.2, 0.25) is 0 Å². The van der Waals surface area contributed by atoms with Crippen molar-refractivity contribution in [3.63, 3.8) is 0 Å². The van der Waals surface area contributed by atoms with Crippen LogP contribution in [-0.2, 0) is 36.3 Å². The van der Waals surface area contributed by atoms with E-state index in [1.807, 2.05) is 10.6 Å². The van der Waals surface area contributed by atoms with Crippen molar-refractivity contribution in [2.45, 2.75) is 62.1 Å². The summed E-state index contributed by atoms with van der Waals surface area (Å²) in [6, 6.07) is 10.4. The van der Waals surface area contributed by atoms with E-state index in [9.17, 15) is 4.79 Å². The molecule has 1 saturated heterocycles. The Morgan fingerprint density at radius 2 is 2.06 bits per heavy atom. The minimum Gasteiger partial charge on any atom is -0.376 e. The van der Waals surface area contributed by atoms with Crippen LogP contribution in [0.25, 0.3) is 10.2 Å². The van der Waals surface area contributed by atoms with E-state index in [1.54, 1.807) is 34.4 Å². The second kappa shape index (κ2) is 9.33. The van der Waals surface area contributed by atoms with Crippen LogP contribution in [-0.4, -0.2) is 27.2 Å². The first-order chi connectivity index (χ1) is 16.2. The van der Waals surface area contributed by atoms with Gasteiger partial charge < -0.3 is 4.74 Å². The second-order valence-electron chi connectivity index (χ2n) is 8.67. The Kier molecular flexibility index (Phi) is 6.09. The van der Waals surface area contributed by atoms with Gasteiger partial charge in [-0.2, -0.15) is 0 Å². The van der Waals surface area contributed by atoms with Gasteiger partial charge in [-0.15, -0.1) is 22.7 Å². The van der Waals surface area contributed by atoms with Crippen molar-refractivity contribution in [3.05, 3.63) is 72.8 Å². The number of hydrogen-bond acceptors (Lipinski definition) is 7. The predicted molar refractivity (Wildman–Crippen MR) is 136 cm³/mol. The number of thiophene rings is 1. The lowest BCUT2D eigenvalue weighted by Crippen LogP contribution is -2.28. The quantitative estimate of drug-likeness (QED) is 0.252. The Bertz CT molecular complexity index is 1340. The van der Waals surface area contributed by atoms with Crippen LogP contribution in [0.5, 0.6) is 0 Å². The number of ether oxygens (including phenoxy) is 1.